The summed E-state index contributed by atoms with van der Waals surface area (Å²) in [5.41, 5.74) is 1.13. The van der Waals surface area contributed by atoms with Gasteiger partial charge in [-0.15, -0.1) is 0 Å². The van der Waals surface area contributed by atoms with Crippen LogP contribution in [0.5, 0.6) is 0 Å². The molecule has 0 saturated heterocycles. The Morgan fingerprint density at radius 2 is 2.00 bits per heavy atom. The summed E-state index contributed by atoms with van der Waals surface area (Å²) in [5.74, 6) is -0.773. The highest BCUT2D eigenvalue weighted by atomic mass is 16.8. The lowest BCUT2D eigenvalue weighted by Gasteiger charge is -2.26. The summed E-state index contributed by atoms with van der Waals surface area (Å²) in [4.78, 5) is 11.2. The van der Waals surface area contributed by atoms with Crippen molar-refractivity contribution < 1.29 is 23.7 Å². The second-order valence-electron chi connectivity index (χ2n) is 5.28. The fourth-order valence-electron chi connectivity index (χ4n) is 2.42. The molecule has 0 amide bonds. The first-order valence-corrected chi connectivity index (χ1v) is 7.68. The summed E-state index contributed by atoms with van der Waals surface area (Å²) in [6.45, 7) is 4.21. The number of hydrogen-bond acceptors (Lipinski definition) is 5. The Balaban J connectivity index is 2.21. The molecule has 0 aromatic carbocycles. The number of carbonyl (C=O) groups excluding carboxylic acids is 1. The van der Waals surface area contributed by atoms with Gasteiger partial charge in [0.05, 0.1) is 6.61 Å². The summed E-state index contributed by atoms with van der Waals surface area (Å²) < 4.78 is 21.2. The van der Waals surface area contributed by atoms with Crippen molar-refractivity contribution in [3.8, 4) is 0 Å². The molecule has 2 unspecified atom stereocenters. The van der Waals surface area contributed by atoms with Gasteiger partial charge in [-0.3, -0.25) is 4.79 Å². The highest BCUT2D eigenvalue weighted by Crippen LogP contribution is 2.34. The summed E-state index contributed by atoms with van der Waals surface area (Å²) in [6, 6.07) is 0. The number of rotatable bonds is 10. The van der Waals surface area contributed by atoms with Crippen LogP contribution in [0.2, 0.25) is 0 Å². The third-order valence-corrected chi connectivity index (χ3v) is 3.77. The van der Waals surface area contributed by atoms with E-state index in [0.29, 0.717) is 13.0 Å². The lowest BCUT2D eigenvalue weighted by atomic mass is 10.0. The molecule has 0 aromatic heterocycles. The van der Waals surface area contributed by atoms with Crippen molar-refractivity contribution in [2.24, 2.45) is 0 Å². The van der Waals surface area contributed by atoms with Gasteiger partial charge in [-0.1, -0.05) is 12.8 Å². The summed E-state index contributed by atoms with van der Waals surface area (Å²) in [6.07, 6.45) is 7.14. The highest BCUT2D eigenvalue weighted by Gasteiger charge is 2.38. The summed E-state index contributed by atoms with van der Waals surface area (Å²) in [7, 11) is 3.26. The molecule has 2 atom stereocenters. The van der Waals surface area contributed by atoms with Gasteiger partial charge in [0.2, 0.25) is 0 Å². The van der Waals surface area contributed by atoms with E-state index in [-0.39, 0.29) is 12.3 Å². The zero-order valence-corrected chi connectivity index (χ0v) is 13.6. The number of methoxy groups -OCH3 is 2. The fraction of sp³-hybridized carbons (Fsp3) is 0.812. The predicted octanol–water partition coefficient (Wildman–Crippen LogP) is 3.18. The van der Waals surface area contributed by atoms with Crippen LogP contribution in [0.15, 0.2) is 11.6 Å². The molecule has 21 heavy (non-hydrogen) atoms. The second-order valence-corrected chi connectivity index (χ2v) is 5.28. The lowest BCUT2D eigenvalue weighted by Crippen LogP contribution is -2.31. The van der Waals surface area contributed by atoms with Crippen molar-refractivity contribution in [1.29, 1.82) is 0 Å². The van der Waals surface area contributed by atoms with E-state index in [1.807, 2.05) is 19.9 Å². The first-order valence-electron chi connectivity index (χ1n) is 7.68. The Labute approximate surface area is 127 Å². The van der Waals surface area contributed by atoms with E-state index in [1.165, 1.54) is 0 Å². The van der Waals surface area contributed by atoms with Gasteiger partial charge in [0.15, 0.2) is 12.1 Å². The molecule has 1 aliphatic heterocycles. The largest absolute Gasteiger partial charge is 0.466 e. The van der Waals surface area contributed by atoms with Crippen molar-refractivity contribution in [3.63, 3.8) is 0 Å². The van der Waals surface area contributed by atoms with Crippen molar-refractivity contribution in [2.75, 3.05) is 20.8 Å². The molecule has 0 spiro atoms. The lowest BCUT2D eigenvalue weighted by molar-refractivity contribution is -0.237. The number of esters is 1. The quantitative estimate of drug-likeness (QED) is 0.352. The van der Waals surface area contributed by atoms with Gasteiger partial charge in [0, 0.05) is 20.6 Å². The van der Waals surface area contributed by atoms with Crippen LogP contribution in [-0.4, -0.2) is 38.9 Å². The molecule has 0 N–H and O–H groups in total. The molecular formula is C16H28O5. The highest BCUT2D eigenvalue weighted by molar-refractivity contribution is 5.69. The summed E-state index contributed by atoms with van der Waals surface area (Å²) >= 11 is 0. The number of unbranched alkanes of at least 4 members (excludes halogenated alkanes) is 3. The molecule has 0 radical (unpaired) electrons. The molecule has 1 aliphatic rings. The standard InChI is InChI=1S/C16H28O5/c1-5-20-14(17)11-9-7-6-8-10-13-12-15(18-3)21-16(13,2)19-4/h12,15H,5-11H2,1-4H3. The van der Waals surface area contributed by atoms with Crippen LogP contribution in [-0.2, 0) is 23.7 Å². The third kappa shape index (κ3) is 5.77. The van der Waals surface area contributed by atoms with Crippen LogP contribution in [0, 0.1) is 0 Å². The van der Waals surface area contributed by atoms with Crippen molar-refractivity contribution in [2.45, 2.75) is 64.4 Å². The van der Waals surface area contributed by atoms with Crippen molar-refractivity contribution in [1.82, 2.24) is 0 Å². The monoisotopic (exact) mass is 300 g/mol. The number of hydrogen-bond donors (Lipinski definition) is 0. The Hall–Kier alpha value is -0.910. The minimum absolute atomic E-state index is 0.0979. The van der Waals surface area contributed by atoms with Crippen LogP contribution < -0.4 is 0 Å². The Morgan fingerprint density at radius 3 is 2.62 bits per heavy atom. The first kappa shape index (κ1) is 18.1. The zero-order chi connectivity index (χ0) is 15.7. The third-order valence-electron chi connectivity index (χ3n) is 3.77. The minimum Gasteiger partial charge on any atom is -0.466 e. The van der Waals surface area contributed by atoms with Gasteiger partial charge in [-0.05, 0) is 44.8 Å². The molecule has 1 rings (SSSR count). The van der Waals surface area contributed by atoms with Crippen molar-refractivity contribution in [3.05, 3.63) is 11.6 Å². The zero-order valence-electron chi connectivity index (χ0n) is 13.6. The van der Waals surface area contributed by atoms with E-state index in [9.17, 15) is 4.79 Å². The van der Waals surface area contributed by atoms with E-state index < -0.39 is 5.79 Å². The SMILES string of the molecule is CCOC(=O)CCCCCCC1=CC(OC)OC1(C)OC. The van der Waals surface area contributed by atoms with Crippen LogP contribution in [0.3, 0.4) is 0 Å². The summed E-state index contributed by atoms with van der Waals surface area (Å²) in [5, 5.41) is 0. The minimum atomic E-state index is -0.675. The first-order chi connectivity index (χ1) is 10.1. The molecule has 1 heterocycles. The maximum Gasteiger partial charge on any atom is 0.305 e. The molecule has 0 saturated carbocycles. The van der Waals surface area contributed by atoms with E-state index in [0.717, 1.165) is 37.7 Å². The van der Waals surface area contributed by atoms with Gasteiger partial charge >= 0.3 is 5.97 Å². The molecular weight excluding hydrogens is 272 g/mol. The molecule has 0 aromatic rings. The molecule has 5 nitrogen and oxygen atoms in total. The Morgan fingerprint density at radius 1 is 1.29 bits per heavy atom. The average Bonchev–Trinajstić information content (AvgIpc) is 2.80. The van der Waals surface area contributed by atoms with Gasteiger partial charge in [-0.2, -0.15) is 0 Å². The molecule has 0 bridgehead atoms. The van der Waals surface area contributed by atoms with Crippen LogP contribution in [0.25, 0.3) is 0 Å². The van der Waals surface area contributed by atoms with E-state index in [1.54, 1.807) is 14.2 Å². The maximum absolute atomic E-state index is 11.2. The van der Waals surface area contributed by atoms with E-state index in [4.69, 9.17) is 18.9 Å². The van der Waals surface area contributed by atoms with Gasteiger partial charge in [-0.25, -0.2) is 0 Å². The maximum atomic E-state index is 11.2. The van der Waals surface area contributed by atoms with Gasteiger partial charge < -0.3 is 18.9 Å². The molecule has 0 fully saturated rings. The normalized spacial score (nSPS) is 25.0. The van der Waals surface area contributed by atoms with Crippen LogP contribution in [0.4, 0.5) is 0 Å². The number of carbonyl (C=O) groups is 1. The van der Waals surface area contributed by atoms with E-state index in [2.05, 4.69) is 0 Å². The Kier molecular flexibility index (Phi) is 7.93. The average molecular weight is 300 g/mol. The van der Waals surface area contributed by atoms with Crippen LogP contribution in [0.1, 0.15) is 52.4 Å². The Bertz CT molecular complexity index is 353. The van der Waals surface area contributed by atoms with E-state index >= 15 is 0 Å². The number of ether oxygens (including phenoxy) is 4. The van der Waals surface area contributed by atoms with Gasteiger partial charge in [0.25, 0.3) is 0 Å². The van der Waals surface area contributed by atoms with Crippen molar-refractivity contribution >= 4 is 5.97 Å². The van der Waals surface area contributed by atoms with Gasteiger partial charge in [0.1, 0.15) is 0 Å². The fourth-order valence-corrected chi connectivity index (χ4v) is 2.42. The predicted molar refractivity (Wildman–Crippen MR) is 79.7 cm³/mol. The van der Waals surface area contributed by atoms with Crippen LogP contribution >= 0.6 is 0 Å². The second kappa shape index (κ2) is 9.18. The topological polar surface area (TPSA) is 54.0 Å². The smallest absolute Gasteiger partial charge is 0.305 e. The molecule has 0 aliphatic carbocycles. The molecule has 122 valence electrons. The molecule has 5 heteroatoms.